The first-order valence-corrected chi connectivity index (χ1v) is 15.4. The van der Waals surface area contributed by atoms with Gasteiger partial charge >= 0.3 is 0 Å². The number of aromatic nitrogens is 1. The van der Waals surface area contributed by atoms with E-state index in [-0.39, 0.29) is 0 Å². The van der Waals surface area contributed by atoms with Crippen molar-refractivity contribution in [3.8, 4) is 22.3 Å². The lowest BCUT2D eigenvalue weighted by atomic mass is 9.67. The lowest BCUT2D eigenvalue weighted by molar-refractivity contribution is 0.768. The molecule has 0 saturated carbocycles. The van der Waals surface area contributed by atoms with Crippen molar-refractivity contribution >= 4 is 21.8 Å². The molecule has 0 bridgehead atoms. The van der Waals surface area contributed by atoms with Crippen LogP contribution in [0, 0.1) is 6.92 Å². The summed E-state index contributed by atoms with van der Waals surface area (Å²) in [5, 5.41) is 2.65. The van der Waals surface area contributed by atoms with Gasteiger partial charge in [0.05, 0.1) is 5.41 Å². The van der Waals surface area contributed by atoms with Crippen molar-refractivity contribution in [1.29, 1.82) is 0 Å². The molecule has 1 aromatic heterocycles. The normalized spacial score (nSPS) is 13.5. The zero-order valence-corrected chi connectivity index (χ0v) is 25.2. The summed E-state index contributed by atoms with van der Waals surface area (Å²) in [6.45, 7) is 6.74. The van der Waals surface area contributed by atoms with Crippen LogP contribution in [0.25, 0.3) is 44.1 Å². The van der Waals surface area contributed by atoms with E-state index < -0.39 is 5.41 Å². The van der Waals surface area contributed by atoms with E-state index in [2.05, 4.69) is 166 Å². The fourth-order valence-corrected chi connectivity index (χ4v) is 7.55. The number of hydrogen-bond acceptors (Lipinski definition) is 0. The molecule has 0 unspecified atom stereocenters. The van der Waals surface area contributed by atoms with Crippen LogP contribution in [-0.2, 0) is 12.5 Å². The maximum Gasteiger partial charge on any atom is 0.0713 e. The van der Waals surface area contributed by atoms with Crippen LogP contribution in [0.5, 0.6) is 0 Å². The number of fused-ring (bicyclic) bond motifs is 6. The smallest absolute Gasteiger partial charge is 0.0713 e. The van der Waals surface area contributed by atoms with Crippen LogP contribution >= 0.6 is 0 Å². The van der Waals surface area contributed by atoms with Gasteiger partial charge in [0.15, 0.2) is 0 Å². The lowest BCUT2D eigenvalue weighted by Gasteiger charge is -2.34. The molecule has 0 N–H and O–H groups in total. The van der Waals surface area contributed by atoms with Gasteiger partial charge in [-0.2, -0.15) is 0 Å². The summed E-state index contributed by atoms with van der Waals surface area (Å²) in [7, 11) is 2.20. The Balaban J connectivity index is 1.39. The van der Waals surface area contributed by atoms with E-state index in [1.807, 2.05) is 0 Å². The van der Waals surface area contributed by atoms with E-state index in [0.717, 1.165) is 0 Å². The van der Waals surface area contributed by atoms with Crippen LogP contribution in [0.2, 0.25) is 0 Å². The molecule has 208 valence electrons. The second-order valence-corrected chi connectivity index (χ2v) is 12.5. The molecule has 0 saturated heterocycles. The van der Waals surface area contributed by atoms with Crippen molar-refractivity contribution in [1.82, 2.24) is 4.57 Å². The fraction of sp³-hybridized carbons (Fsp3) is 0.143. The molecule has 0 aliphatic heterocycles. The van der Waals surface area contributed by atoms with Crippen LogP contribution in [0.4, 0.5) is 0 Å². The average Bonchev–Trinajstić information content (AvgIpc) is 3.49. The number of hydrogen-bond donors (Lipinski definition) is 0. The monoisotopic (exact) mass is 553 g/mol. The molecule has 0 amide bonds. The Kier molecular flexibility index (Phi) is 5.74. The summed E-state index contributed by atoms with van der Waals surface area (Å²) in [6, 6.07) is 50.2. The van der Waals surface area contributed by atoms with Crippen LogP contribution in [0.3, 0.4) is 0 Å². The molecule has 1 aliphatic rings. The third-order valence-electron chi connectivity index (χ3n) is 9.74. The van der Waals surface area contributed by atoms with Gasteiger partial charge in [-0.25, -0.2) is 0 Å². The first-order chi connectivity index (χ1) is 21.0. The molecule has 1 aliphatic carbocycles. The highest BCUT2D eigenvalue weighted by molar-refractivity contribution is 6.09. The Morgan fingerprint density at radius 1 is 0.535 bits per heavy atom. The largest absolute Gasteiger partial charge is 0.344 e. The Labute approximate surface area is 254 Å². The molecule has 0 fully saturated rings. The Morgan fingerprint density at radius 2 is 1.14 bits per heavy atom. The van der Waals surface area contributed by atoms with Gasteiger partial charge in [-0.3, -0.25) is 0 Å². The predicted octanol–water partition coefficient (Wildman–Crippen LogP) is 10.8. The van der Waals surface area contributed by atoms with Gasteiger partial charge < -0.3 is 4.57 Å². The molecule has 1 nitrogen and oxygen atoms in total. The maximum absolute atomic E-state index is 2.46. The van der Waals surface area contributed by atoms with E-state index in [0.29, 0.717) is 5.92 Å². The van der Waals surface area contributed by atoms with Crippen molar-refractivity contribution in [2.75, 3.05) is 0 Å². The summed E-state index contributed by atoms with van der Waals surface area (Å²) in [4.78, 5) is 0. The first kappa shape index (κ1) is 25.8. The number of aryl methyl sites for hydroxylation is 2. The third-order valence-corrected chi connectivity index (χ3v) is 9.74. The molecule has 43 heavy (non-hydrogen) atoms. The molecule has 0 spiro atoms. The first-order valence-electron chi connectivity index (χ1n) is 15.4. The van der Waals surface area contributed by atoms with Gasteiger partial charge in [0.1, 0.15) is 0 Å². The minimum absolute atomic E-state index is 0.397. The Hall–Kier alpha value is -4.88. The van der Waals surface area contributed by atoms with Crippen LogP contribution in [-0.4, -0.2) is 4.57 Å². The topological polar surface area (TPSA) is 4.93 Å². The summed E-state index contributed by atoms with van der Waals surface area (Å²) >= 11 is 0. The van der Waals surface area contributed by atoms with Gasteiger partial charge in [-0.05, 0) is 87.2 Å². The molecule has 8 rings (SSSR count). The molecule has 7 aromatic rings. The van der Waals surface area contributed by atoms with Crippen molar-refractivity contribution in [3.63, 3.8) is 0 Å². The van der Waals surface area contributed by atoms with Gasteiger partial charge in [-0.15, -0.1) is 0 Å². The predicted molar refractivity (Wildman–Crippen MR) is 182 cm³/mol. The van der Waals surface area contributed by atoms with Crippen molar-refractivity contribution < 1.29 is 0 Å². The molecule has 6 aromatic carbocycles. The fourth-order valence-electron chi connectivity index (χ4n) is 7.55. The Bertz CT molecular complexity index is 2120. The number of benzene rings is 6. The van der Waals surface area contributed by atoms with E-state index in [4.69, 9.17) is 0 Å². The molecule has 0 atom stereocenters. The van der Waals surface area contributed by atoms with Crippen LogP contribution < -0.4 is 0 Å². The van der Waals surface area contributed by atoms with Gasteiger partial charge in [0, 0.05) is 28.9 Å². The molecule has 1 heterocycles. The summed E-state index contributed by atoms with van der Waals surface area (Å²) in [5.74, 6) is 0.507. The number of rotatable bonds is 4. The molecule has 0 radical (unpaired) electrons. The zero-order chi connectivity index (χ0) is 29.3. The SMILES string of the molecule is Cc1ccc2c(c1)C(c1ccccc1)(c1ccccc1)c1cc(-c3ccc4c5cc(C(C)C)ccc5n(C)c4c3)ccc1-2. The Morgan fingerprint density at radius 3 is 1.81 bits per heavy atom. The molecular formula is C42H35N. The highest BCUT2D eigenvalue weighted by Gasteiger charge is 2.46. The minimum atomic E-state index is -0.397. The van der Waals surface area contributed by atoms with Gasteiger partial charge in [0.2, 0.25) is 0 Å². The van der Waals surface area contributed by atoms with Crippen LogP contribution in [0.15, 0.2) is 133 Å². The highest BCUT2D eigenvalue weighted by Crippen LogP contribution is 2.57. The van der Waals surface area contributed by atoms with Gasteiger partial charge in [0.25, 0.3) is 0 Å². The standard InChI is InChI=1S/C42H35N/c1-27(2)29-18-22-40-37(24-29)36-21-17-31(26-41(36)43(40)4)30-16-20-35-34-19-15-28(3)23-38(34)42(39(35)25-30,32-11-7-5-8-12-32)33-13-9-6-10-14-33/h5-27H,1-4H3. The third kappa shape index (κ3) is 3.71. The second-order valence-electron chi connectivity index (χ2n) is 12.5. The summed E-state index contributed by atoms with van der Waals surface area (Å²) in [6.07, 6.45) is 0. The lowest BCUT2D eigenvalue weighted by Crippen LogP contribution is -2.28. The molecular weight excluding hydrogens is 518 g/mol. The van der Waals surface area contributed by atoms with E-state index >= 15 is 0 Å². The minimum Gasteiger partial charge on any atom is -0.344 e. The van der Waals surface area contributed by atoms with Crippen LogP contribution in [0.1, 0.15) is 53.1 Å². The summed E-state index contributed by atoms with van der Waals surface area (Å²) < 4.78 is 2.35. The average molecular weight is 554 g/mol. The van der Waals surface area contributed by atoms with Crippen molar-refractivity contribution in [2.24, 2.45) is 7.05 Å². The molecule has 1 heteroatoms. The van der Waals surface area contributed by atoms with Gasteiger partial charge in [-0.1, -0.05) is 129 Å². The highest BCUT2D eigenvalue weighted by atomic mass is 14.9. The van der Waals surface area contributed by atoms with E-state index in [9.17, 15) is 0 Å². The second kappa shape index (κ2) is 9.57. The van der Waals surface area contributed by atoms with E-state index in [1.165, 1.54) is 77.4 Å². The number of nitrogens with zero attached hydrogens (tertiary/aromatic N) is 1. The van der Waals surface area contributed by atoms with Crippen molar-refractivity contribution in [2.45, 2.75) is 32.1 Å². The zero-order valence-electron chi connectivity index (χ0n) is 25.2. The summed E-state index contributed by atoms with van der Waals surface area (Å²) in [5.41, 5.74) is 15.3. The quantitative estimate of drug-likeness (QED) is 0.204. The van der Waals surface area contributed by atoms with Crippen molar-refractivity contribution in [3.05, 3.63) is 167 Å². The maximum atomic E-state index is 2.46. The van der Waals surface area contributed by atoms with E-state index in [1.54, 1.807) is 0 Å².